The van der Waals surface area contributed by atoms with Gasteiger partial charge in [-0.3, -0.25) is 4.79 Å². The van der Waals surface area contributed by atoms with Gasteiger partial charge in [0.25, 0.3) is 0 Å². The maximum atomic E-state index is 12.1. The van der Waals surface area contributed by atoms with Gasteiger partial charge in [-0.2, -0.15) is 0 Å². The van der Waals surface area contributed by atoms with Crippen LogP contribution in [0, 0.1) is 0 Å². The van der Waals surface area contributed by atoms with Gasteiger partial charge in [-0.15, -0.1) is 0 Å². The third kappa shape index (κ3) is 5.57. The fourth-order valence-corrected chi connectivity index (χ4v) is 3.72. The molecule has 0 fully saturated rings. The average molecular weight is 413 g/mol. The molecule has 2 N–H and O–H groups in total. The van der Waals surface area contributed by atoms with E-state index in [1.807, 2.05) is 0 Å². The third-order valence-corrected chi connectivity index (χ3v) is 5.73. The lowest BCUT2D eigenvalue weighted by Gasteiger charge is -2.10. The topological polar surface area (TPSA) is 75.3 Å². The minimum atomic E-state index is -3.56. The largest absolute Gasteiger partial charge is 0.323 e. The molecule has 138 valence electrons. The summed E-state index contributed by atoms with van der Waals surface area (Å²) in [6, 6.07) is 10.8. The van der Waals surface area contributed by atoms with Gasteiger partial charge in [0.2, 0.25) is 15.9 Å². The summed E-state index contributed by atoms with van der Waals surface area (Å²) >= 11 is 12.0. The standard InChI is InChI=1S/C18H18Cl2N2O3S/c1-12(2)22-26(24,25)15-9-7-14(8-10-15)21-17(23)11-6-13-4-3-5-16(19)18(13)20/h3-12,22H,1-2H3,(H,21,23)/b11-6+. The van der Waals surface area contributed by atoms with Gasteiger partial charge < -0.3 is 5.32 Å². The van der Waals surface area contributed by atoms with Crippen molar-refractivity contribution < 1.29 is 13.2 Å². The molecule has 0 atom stereocenters. The second-order valence-corrected chi connectivity index (χ2v) is 8.27. The van der Waals surface area contributed by atoms with E-state index < -0.39 is 10.0 Å². The van der Waals surface area contributed by atoms with Crippen molar-refractivity contribution in [2.45, 2.75) is 24.8 Å². The second kappa shape index (κ2) is 8.68. The highest BCUT2D eigenvalue weighted by Gasteiger charge is 2.15. The molecule has 0 heterocycles. The highest BCUT2D eigenvalue weighted by Crippen LogP contribution is 2.26. The van der Waals surface area contributed by atoms with Crippen molar-refractivity contribution in [3.05, 3.63) is 64.1 Å². The molecule has 0 aliphatic carbocycles. The fraction of sp³-hybridized carbons (Fsp3) is 0.167. The molecule has 8 heteroatoms. The highest BCUT2D eigenvalue weighted by molar-refractivity contribution is 7.89. The van der Waals surface area contributed by atoms with E-state index in [-0.39, 0.29) is 16.8 Å². The van der Waals surface area contributed by atoms with Crippen molar-refractivity contribution in [3.8, 4) is 0 Å². The number of amides is 1. The van der Waals surface area contributed by atoms with E-state index in [0.717, 1.165) is 0 Å². The SMILES string of the molecule is CC(C)NS(=O)(=O)c1ccc(NC(=O)/C=C/c2cccc(Cl)c2Cl)cc1. The zero-order valence-corrected chi connectivity index (χ0v) is 16.5. The summed E-state index contributed by atoms with van der Waals surface area (Å²) in [5, 5.41) is 3.42. The molecule has 0 saturated heterocycles. The van der Waals surface area contributed by atoms with Crippen LogP contribution in [0.2, 0.25) is 10.0 Å². The Bertz CT molecular complexity index is 924. The second-order valence-electron chi connectivity index (χ2n) is 5.77. The number of rotatable bonds is 6. The first kappa shape index (κ1) is 20.5. The molecule has 0 radical (unpaired) electrons. The maximum absolute atomic E-state index is 12.1. The van der Waals surface area contributed by atoms with Crippen LogP contribution in [0.5, 0.6) is 0 Å². The van der Waals surface area contributed by atoms with E-state index in [1.54, 1.807) is 38.1 Å². The predicted octanol–water partition coefficient (Wildman–Crippen LogP) is 4.33. The van der Waals surface area contributed by atoms with E-state index in [9.17, 15) is 13.2 Å². The zero-order valence-electron chi connectivity index (χ0n) is 14.2. The van der Waals surface area contributed by atoms with Crippen LogP contribution in [0.4, 0.5) is 5.69 Å². The van der Waals surface area contributed by atoms with Gasteiger partial charge in [0.1, 0.15) is 0 Å². The Balaban J connectivity index is 2.06. The summed E-state index contributed by atoms with van der Waals surface area (Å²) in [5.74, 6) is -0.378. The lowest BCUT2D eigenvalue weighted by molar-refractivity contribution is -0.111. The van der Waals surface area contributed by atoms with E-state index in [0.29, 0.717) is 21.3 Å². The normalized spacial score (nSPS) is 11.9. The van der Waals surface area contributed by atoms with Crippen LogP contribution in [-0.2, 0) is 14.8 Å². The Morgan fingerprint density at radius 1 is 1.08 bits per heavy atom. The molecule has 0 aromatic heterocycles. The first-order valence-corrected chi connectivity index (χ1v) is 9.98. The molecule has 0 unspecified atom stereocenters. The number of carbonyl (C=O) groups is 1. The van der Waals surface area contributed by atoms with Crippen LogP contribution < -0.4 is 10.0 Å². The molecule has 0 saturated carbocycles. The van der Waals surface area contributed by atoms with Crippen LogP contribution in [0.3, 0.4) is 0 Å². The third-order valence-electron chi connectivity index (χ3n) is 3.22. The number of benzene rings is 2. The first-order valence-electron chi connectivity index (χ1n) is 7.74. The number of hydrogen-bond donors (Lipinski definition) is 2. The highest BCUT2D eigenvalue weighted by atomic mass is 35.5. The van der Waals surface area contributed by atoms with Gasteiger partial charge in [-0.25, -0.2) is 13.1 Å². The van der Waals surface area contributed by atoms with Crippen molar-refractivity contribution >= 4 is 50.9 Å². The Morgan fingerprint density at radius 3 is 2.35 bits per heavy atom. The van der Waals surface area contributed by atoms with Crippen molar-refractivity contribution in [3.63, 3.8) is 0 Å². The van der Waals surface area contributed by atoms with Crippen molar-refractivity contribution in [1.29, 1.82) is 0 Å². The molecule has 0 bridgehead atoms. The summed E-state index contributed by atoms with van der Waals surface area (Å²) in [5.41, 5.74) is 1.09. The molecule has 0 aliphatic heterocycles. The van der Waals surface area contributed by atoms with Gasteiger partial charge >= 0.3 is 0 Å². The van der Waals surface area contributed by atoms with Crippen molar-refractivity contribution in [2.75, 3.05) is 5.32 Å². The number of hydrogen-bond acceptors (Lipinski definition) is 3. The summed E-state index contributed by atoms with van der Waals surface area (Å²) in [7, 11) is -3.56. The molecule has 0 aliphatic rings. The minimum Gasteiger partial charge on any atom is -0.323 e. The van der Waals surface area contributed by atoms with Gasteiger partial charge in [-0.1, -0.05) is 35.3 Å². The lowest BCUT2D eigenvalue weighted by atomic mass is 10.2. The van der Waals surface area contributed by atoms with Crippen molar-refractivity contribution in [2.24, 2.45) is 0 Å². The number of sulfonamides is 1. The molecular weight excluding hydrogens is 395 g/mol. The molecule has 1 amide bonds. The summed E-state index contributed by atoms with van der Waals surface area (Å²) in [6.07, 6.45) is 2.87. The monoisotopic (exact) mass is 412 g/mol. The molecular formula is C18H18Cl2N2O3S. The summed E-state index contributed by atoms with van der Waals surface area (Å²) in [4.78, 5) is 12.1. The predicted molar refractivity (Wildman–Crippen MR) is 106 cm³/mol. The Hall–Kier alpha value is -1.86. The number of carbonyl (C=O) groups excluding carboxylic acids is 1. The number of anilines is 1. The Kier molecular flexibility index (Phi) is 6.83. The van der Waals surface area contributed by atoms with Crippen LogP contribution in [-0.4, -0.2) is 20.4 Å². The van der Waals surface area contributed by atoms with Crippen LogP contribution in [0.25, 0.3) is 6.08 Å². The Morgan fingerprint density at radius 2 is 1.73 bits per heavy atom. The molecule has 2 aromatic carbocycles. The summed E-state index contributed by atoms with van der Waals surface area (Å²) < 4.78 is 26.6. The fourth-order valence-electron chi connectivity index (χ4n) is 2.09. The van der Waals surface area contributed by atoms with Crippen LogP contribution in [0.1, 0.15) is 19.4 Å². The molecule has 26 heavy (non-hydrogen) atoms. The smallest absolute Gasteiger partial charge is 0.248 e. The summed E-state index contributed by atoms with van der Waals surface area (Å²) in [6.45, 7) is 3.48. The number of halogens is 2. The van der Waals surface area contributed by atoms with Gasteiger partial charge in [0.05, 0.1) is 14.9 Å². The van der Waals surface area contributed by atoms with E-state index in [4.69, 9.17) is 23.2 Å². The maximum Gasteiger partial charge on any atom is 0.248 e. The van der Waals surface area contributed by atoms with E-state index in [2.05, 4.69) is 10.0 Å². The van der Waals surface area contributed by atoms with Gasteiger partial charge in [0.15, 0.2) is 0 Å². The van der Waals surface area contributed by atoms with Gasteiger partial charge in [-0.05, 0) is 55.8 Å². The molecule has 0 spiro atoms. The molecule has 2 aromatic rings. The molecule has 5 nitrogen and oxygen atoms in total. The minimum absolute atomic E-state index is 0.130. The van der Waals surface area contributed by atoms with Crippen molar-refractivity contribution in [1.82, 2.24) is 4.72 Å². The van der Waals surface area contributed by atoms with E-state index in [1.165, 1.54) is 30.3 Å². The van der Waals surface area contributed by atoms with Crippen LogP contribution >= 0.6 is 23.2 Å². The number of nitrogens with one attached hydrogen (secondary N) is 2. The zero-order chi connectivity index (χ0) is 19.3. The average Bonchev–Trinajstić information content (AvgIpc) is 2.55. The first-order chi connectivity index (χ1) is 12.2. The lowest BCUT2D eigenvalue weighted by Crippen LogP contribution is -2.30. The van der Waals surface area contributed by atoms with E-state index >= 15 is 0 Å². The quantitative estimate of drug-likeness (QED) is 0.693. The van der Waals surface area contributed by atoms with Crippen LogP contribution in [0.15, 0.2) is 53.4 Å². The van der Waals surface area contributed by atoms with Gasteiger partial charge in [0, 0.05) is 17.8 Å². The molecule has 2 rings (SSSR count). The Labute approximate surface area is 163 Å².